The number of hydrogen-bond donors (Lipinski definition) is 0. The van der Waals surface area contributed by atoms with E-state index in [2.05, 4.69) is 25.9 Å². The van der Waals surface area contributed by atoms with Crippen LogP contribution in [0, 0.1) is 12.7 Å². The fourth-order valence-electron chi connectivity index (χ4n) is 3.37. The molecule has 0 radical (unpaired) electrons. The van der Waals surface area contributed by atoms with Crippen molar-refractivity contribution in [2.45, 2.75) is 31.7 Å². The Bertz CT molecular complexity index is 1110. The maximum atomic E-state index is 13.4. The molecule has 0 fully saturated rings. The van der Waals surface area contributed by atoms with Crippen LogP contribution in [0.15, 0.2) is 46.2 Å². The summed E-state index contributed by atoms with van der Waals surface area (Å²) in [6, 6.07) is 4.66. The lowest BCUT2D eigenvalue weighted by molar-refractivity contribution is 0.582. The van der Waals surface area contributed by atoms with Crippen molar-refractivity contribution >= 4 is 25.8 Å². The van der Waals surface area contributed by atoms with Crippen molar-refractivity contribution in [2.75, 3.05) is 6.26 Å². The third-order valence-electron chi connectivity index (χ3n) is 4.25. The Morgan fingerprint density at radius 1 is 1.19 bits per heavy atom. The molecule has 3 heterocycles. The molecule has 0 bridgehead atoms. The molecule has 0 aliphatic carbocycles. The van der Waals surface area contributed by atoms with Crippen molar-refractivity contribution in [3.05, 3.63) is 52.8 Å². The largest absolute Gasteiger partial charge is 0.339 e. The highest BCUT2D eigenvalue weighted by Gasteiger charge is 2.30. The van der Waals surface area contributed by atoms with E-state index in [1.54, 1.807) is 25.4 Å². The second-order valence-corrected chi connectivity index (χ2v) is 9.50. The molecule has 8 heteroatoms. The topological polar surface area (TPSA) is 64.8 Å². The first kappa shape index (κ1) is 19.7. The molecule has 5 nitrogen and oxygen atoms in total. The minimum atomic E-state index is -3.54. The zero-order valence-electron chi connectivity index (χ0n) is 15.4. The van der Waals surface area contributed by atoms with Crippen molar-refractivity contribution in [2.24, 2.45) is 0 Å². The number of halogens is 2. The molecule has 0 saturated carbocycles. The number of nitrogens with zero attached hydrogens (tertiary/aromatic N) is 3. The van der Waals surface area contributed by atoms with Gasteiger partial charge in [-0.05, 0) is 54.9 Å². The first-order chi connectivity index (χ1) is 12.6. The van der Waals surface area contributed by atoms with Gasteiger partial charge in [0, 0.05) is 46.0 Å². The third-order valence-corrected chi connectivity index (χ3v) is 5.92. The highest BCUT2D eigenvalue weighted by atomic mass is 79.9. The van der Waals surface area contributed by atoms with E-state index in [-0.39, 0.29) is 10.9 Å². The summed E-state index contributed by atoms with van der Waals surface area (Å²) in [6.07, 6.45) is 5.57. The summed E-state index contributed by atoms with van der Waals surface area (Å²) >= 11 is 3.40. The van der Waals surface area contributed by atoms with Crippen molar-refractivity contribution < 1.29 is 12.8 Å². The lowest BCUT2D eigenvalue weighted by Gasteiger charge is -2.16. The molecule has 142 valence electrons. The van der Waals surface area contributed by atoms with Crippen LogP contribution in [0.25, 0.3) is 22.5 Å². The molecule has 0 unspecified atom stereocenters. The van der Waals surface area contributed by atoms with Crippen LogP contribution in [0.5, 0.6) is 0 Å². The molecule has 3 rings (SSSR count). The number of rotatable bonds is 4. The SMILES string of the molecule is Cc1c(S(C)(=O)=O)c(-c2cncc(Br)c2)c(-c2ccc(F)cn2)n1C(C)C. The first-order valence-corrected chi connectivity index (χ1v) is 11.0. The van der Waals surface area contributed by atoms with Crippen LogP contribution >= 0.6 is 15.9 Å². The normalized spacial score (nSPS) is 12.0. The Balaban J connectivity index is 2.51. The average molecular weight is 452 g/mol. The third kappa shape index (κ3) is 3.68. The molecule has 0 aromatic carbocycles. The van der Waals surface area contributed by atoms with Crippen LogP contribution in [-0.4, -0.2) is 29.2 Å². The summed E-state index contributed by atoms with van der Waals surface area (Å²) < 4.78 is 41.4. The first-order valence-electron chi connectivity index (χ1n) is 8.29. The van der Waals surface area contributed by atoms with E-state index in [4.69, 9.17) is 0 Å². The summed E-state index contributed by atoms with van der Waals surface area (Å²) in [5.74, 6) is -0.452. The fourth-order valence-corrected chi connectivity index (χ4v) is 4.95. The molecule has 0 aliphatic heterocycles. The number of sulfone groups is 1. The van der Waals surface area contributed by atoms with Gasteiger partial charge in [-0.15, -0.1) is 0 Å². The molecule has 27 heavy (non-hydrogen) atoms. The van der Waals surface area contributed by atoms with Crippen molar-refractivity contribution in [3.8, 4) is 22.5 Å². The summed E-state index contributed by atoms with van der Waals surface area (Å²) in [6.45, 7) is 5.71. The Labute approximate surface area is 166 Å². The predicted octanol–water partition coefficient (Wildman–Crippen LogP) is 4.81. The van der Waals surface area contributed by atoms with Gasteiger partial charge < -0.3 is 4.57 Å². The Morgan fingerprint density at radius 3 is 2.41 bits per heavy atom. The average Bonchev–Trinajstić information content (AvgIpc) is 2.89. The van der Waals surface area contributed by atoms with Crippen LogP contribution in [0.4, 0.5) is 4.39 Å². The van der Waals surface area contributed by atoms with Crippen LogP contribution in [0.1, 0.15) is 25.6 Å². The van der Waals surface area contributed by atoms with Gasteiger partial charge in [0.15, 0.2) is 9.84 Å². The quantitative estimate of drug-likeness (QED) is 0.570. The maximum absolute atomic E-state index is 13.4. The van der Waals surface area contributed by atoms with Gasteiger partial charge in [-0.2, -0.15) is 0 Å². The molecule has 0 atom stereocenters. The zero-order valence-corrected chi connectivity index (χ0v) is 17.8. The molecular weight excluding hydrogens is 433 g/mol. The van der Waals surface area contributed by atoms with E-state index < -0.39 is 15.7 Å². The molecule has 0 spiro atoms. The summed E-state index contributed by atoms with van der Waals surface area (Å²) in [4.78, 5) is 8.63. The van der Waals surface area contributed by atoms with Gasteiger partial charge in [-0.3, -0.25) is 9.97 Å². The van der Waals surface area contributed by atoms with Gasteiger partial charge in [0.25, 0.3) is 0 Å². The smallest absolute Gasteiger partial charge is 0.177 e. The molecule has 0 aliphatic rings. The van der Waals surface area contributed by atoms with Gasteiger partial charge in [-0.25, -0.2) is 12.8 Å². The van der Waals surface area contributed by atoms with Gasteiger partial charge in [0.05, 0.1) is 22.5 Å². The van der Waals surface area contributed by atoms with Gasteiger partial charge in [0.2, 0.25) is 0 Å². The van der Waals surface area contributed by atoms with Gasteiger partial charge >= 0.3 is 0 Å². The van der Waals surface area contributed by atoms with E-state index in [0.29, 0.717) is 28.2 Å². The number of aromatic nitrogens is 3. The lowest BCUT2D eigenvalue weighted by Crippen LogP contribution is -2.07. The summed E-state index contributed by atoms with van der Waals surface area (Å²) in [7, 11) is -3.54. The van der Waals surface area contributed by atoms with E-state index in [9.17, 15) is 12.8 Å². The van der Waals surface area contributed by atoms with E-state index in [0.717, 1.165) is 10.7 Å². The van der Waals surface area contributed by atoms with Crippen LogP contribution < -0.4 is 0 Å². The van der Waals surface area contributed by atoms with Crippen LogP contribution in [0.3, 0.4) is 0 Å². The van der Waals surface area contributed by atoms with Crippen molar-refractivity contribution in [1.82, 2.24) is 14.5 Å². The van der Waals surface area contributed by atoms with Crippen LogP contribution in [0.2, 0.25) is 0 Å². The minimum absolute atomic E-state index is 0.0267. The van der Waals surface area contributed by atoms with E-state index in [1.807, 2.05) is 24.5 Å². The van der Waals surface area contributed by atoms with Gasteiger partial charge in [-0.1, -0.05) is 0 Å². The molecular formula is C19H19BrFN3O2S. The summed E-state index contributed by atoms with van der Waals surface area (Å²) in [5, 5.41) is 0. The molecule has 0 amide bonds. The Hall–Kier alpha value is -2.06. The molecule has 3 aromatic rings. The van der Waals surface area contributed by atoms with Gasteiger partial charge in [0.1, 0.15) is 5.82 Å². The van der Waals surface area contributed by atoms with E-state index in [1.165, 1.54) is 12.3 Å². The fraction of sp³-hybridized carbons (Fsp3) is 0.263. The second kappa shape index (κ2) is 7.16. The van der Waals surface area contributed by atoms with E-state index >= 15 is 0 Å². The zero-order chi connectivity index (χ0) is 19.9. The van der Waals surface area contributed by atoms with Crippen LogP contribution in [-0.2, 0) is 9.84 Å². The predicted molar refractivity (Wildman–Crippen MR) is 107 cm³/mol. The highest BCUT2D eigenvalue weighted by Crippen LogP contribution is 2.42. The van der Waals surface area contributed by atoms with Crippen molar-refractivity contribution in [1.29, 1.82) is 0 Å². The number of hydrogen-bond acceptors (Lipinski definition) is 4. The minimum Gasteiger partial charge on any atom is -0.339 e. The molecule has 0 N–H and O–H groups in total. The maximum Gasteiger partial charge on any atom is 0.177 e. The lowest BCUT2D eigenvalue weighted by atomic mass is 10.1. The Morgan fingerprint density at radius 2 is 1.89 bits per heavy atom. The van der Waals surface area contributed by atoms with Crippen molar-refractivity contribution in [3.63, 3.8) is 0 Å². The highest BCUT2D eigenvalue weighted by molar-refractivity contribution is 9.10. The number of pyridine rings is 2. The standard InChI is InChI=1S/C19H19BrFN3O2S/c1-11(2)24-12(3)19(27(4,25)26)17(13-7-14(20)9-22-8-13)18(24)16-6-5-15(21)10-23-16/h5-11H,1-4H3. The monoisotopic (exact) mass is 451 g/mol. The molecule has 0 saturated heterocycles. The molecule has 3 aromatic heterocycles. The summed E-state index contributed by atoms with van der Waals surface area (Å²) in [5.41, 5.74) is 2.91. The second-order valence-electron chi connectivity index (χ2n) is 6.63. The Kier molecular flexibility index (Phi) is 5.22.